The van der Waals surface area contributed by atoms with E-state index in [1.807, 2.05) is 18.0 Å². The molecule has 0 aliphatic heterocycles. The van der Waals surface area contributed by atoms with Crippen LogP contribution in [0.2, 0.25) is 0 Å². The van der Waals surface area contributed by atoms with E-state index in [2.05, 4.69) is 9.97 Å². The molecule has 0 saturated heterocycles. The molecule has 3 nitrogen and oxygen atoms in total. The Kier molecular flexibility index (Phi) is 3.48. The first-order valence-electron chi connectivity index (χ1n) is 6.50. The molecule has 0 bridgehead atoms. The van der Waals surface area contributed by atoms with Crippen molar-refractivity contribution in [1.29, 1.82) is 0 Å². The molecule has 0 radical (unpaired) electrons. The molecule has 0 aliphatic carbocycles. The second kappa shape index (κ2) is 5.44. The molecule has 1 heterocycles. The van der Waals surface area contributed by atoms with Gasteiger partial charge in [-0.15, -0.1) is 0 Å². The van der Waals surface area contributed by atoms with Crippen LogP contribution in [0.1, 0.15) is 5.56 Å². The number of fused-ring (bicyclic) bond motifs is 1. The summed E-state index contributed by atoms with van der Waals surface area (Å²) in [4.78, 5) is 10.0. The Bertz CT molecular complexity index is 789. The van der Waals surface area contributed by atoms with Gasteiger partial charge in [0.25, 0.3) is 0 Å². The lowest BCUT2D eigenvalue weighted by Crippen LogP contribution is -2.18. The third kappa shape index (κ3) is 2.67. The second-order valence-electron chi connectivity index (χ2n) is 4.82. The molecule has 0 saturated carbocycles. The van der Waals surface area contributed by atoms with Crippen LogP contribution in [-0.4, -0.2) is 17.0 Å². The number of rotatable bonds is 3. The summed E-state index contributed by atoms with van der Waals surface area (Å²) in [5, 5.41) is 0.636. The fourth-order valence-corrected chi connectivity index (χ4v) is 2.33. The Morgan fingerprint density at radius 1 is 1.05 bits per heavy atom. The van der Waals surface area contributed by atoms with Crippen LogP contribution in [0.5, 0.6) is 0 Å². The molecule has 0 fully saturated rings. The minimum absolute atomic E-state index is 0.278. The van der Waals surface area contributed by atoms with Crippen molar-refractivity contribution in [2.24, 2.45) is 0 Å². The van der Waals surface area contributed by atoms with E-state index in [1.54, 1.807) is 18.2 Å². The number of hydrogen-bond donors (Lipinski definition) is 0. The van der Waals surface area contributed by atoms with Gasteiger partial charge < -0.3 is 4.90 Å². The van der Waals surface area contributed by atoms with Gasteiger partial charge in [-0.05, 0) is 29.8 Å². The molecule has 0 N–H and O–H groups in total. The van der Waals surface area contributed by atoms with Gasteiger partial charge in [-0.3, -0.25) is 0 Å². The van der Waals surface area contributed by atoms with Crippen molar-refractivity contribution in [3.05, 3.63) is 66.0 Å². The van der Waals surface area contributed by atoms with Crippen molar-refractivity contribution >= 4 is 16.7 Å². The smallest absolute Gasteiger partial charge is 0.149 e. The second-order valence-corrected chi connectivity index (χ2v) is 4.82. The topological polar surface area (TPSA) is 29.0 Å². The largest absolute Gasteiger partial charge is 0.355 e. The minimum Gasteiger partial charge on any atom is -0.355 e. The number of hydrogen-bond acceptors (Lipinski definition) is 3. The third-order valence-electron chi connectivity index (χ3n) is 3.26. The van der Waals surface area contributed by atoms with Gasteiger partial charge in [0, 0.05) is 19.0 Å². The first-order chi connectivity index (χ1) is 10.1. The molecule has 0 atom stereocenters. The van der Waals surface area contributed by atoms with Gasteiger partial charge in [-0.2, -0.15) is 0 Å². The average Bonchev–Trinajstić information content (AvgIpc) is 2.47. The van der Waals surface area contributed by atoms with Gasteiger partial charge >= 0.3 is 0 Å². The van der Waals surface area contributed by atoms with E-state index >= 15 is 0 Å². The number of halogens is 2. The molecule has 3 rings (SSSR count). The molecule has 0 unspecified atom stereocenters. The van der Waals surface area contributed by atoms with Crippen LogP contribution >= 0.6 is 0 Å². The van der Waals surface area contributed by atoms with Gasteiger partial charge in [0.05, 0.1) is 0 Å². The van der Waals surface area contributed by atoms with E-state index in [-0.39, 0.29) is 17.2 Å². The van der Waals surface area contributed by atoms with E-state index in [4.69, 9.17) is 0 Å². The third-order valence-corrected chi connectivity index (χ3v) is 3.26. The summed E-state index contributed by atoms with van der Waals surface area (Å²) in [6.45, 7) is 0.473. The Morgan fingerprint density at radius 2 is 1.86 bits per heavy atom. The summed E-state index contributed by atoms with van der Waals surface area (Å²) < 4.78 is 27.0. The lowest BCUT2D eigenvalue weighted by Gasteiger charge is -2.19. The van der Waals surface area contributed by atoms with Crippen LogP contribution in [-0.2, 0) is 6.54 Å². The van der Waals surface area contributed by atoms with E-state index in [1.165, 1.54) is 24.5 Å². The monoisotopic (exact) mass is 285 g/mol. The predicted octanol–water partition coefficient (Wildman–Crippen LogP) is 3.54. The van der Waals surface area contributed by atoms with Crippen molar-refractivity contribution in [3.63, 3.8) is 0 Å². The number of anilines is 1. The van der Waals surface area contributed by atoms with Crippen molar-refractivity contribution < 1.29 is 8.78 Å². The van der Waals surface area contributed by atoms with Crippen LogP contribution in [0, 0.1) is 11.6 Å². The fraction of sp³-hybridized carbons (Fsp3) is 0.125. The fourth-order valence-electron chi connectivity index (χ4n) is 2.33. The zero-order valence-corrected chi connectivity index (χ0v) is 11.4. The number of aromatic nitrogens is 2. The average molecular weight is 285 g/mol. The van der Waals surface area contributed by atoms with Crippen LogP contribution in [0.4, 0.5) is 14.6 Å². The van der Waals surface area contributed by atoms with E-state index in [0.29, 0.717) is 17.7 Å². The van der Waals surface area contributed by atoms with Crippen molar-refractivity contribution in [3.8, 4) is 0 Å². The summed E-state index contributed by atoms with van der Waals surface area (Å²) in [5.41, 5.74) is 1.11. The molecule has 0 amide bonds. The molecule has 2 aromatic carbocycles. The zero-order valence-electron chi connectivity index (χ0n) is 11.4. The number of para-hydroxylation sites is 1. The van der Waals surface area contributed by atoms with Gasteiger partial charge in [0.2, 0.25) is 0 Å². The molecule has 5 heteroatoms. The molecule has 0 spiro atoms. The van der Waals surface area contributed by atoms with Gasteiger partial charge in [0.15, 0.2) is 0 Å². The molecule has 0 aliphatic rings. The Balaban J connectivity index is 1.98. The predicted molar refractivity (Wildman–Crippen MR) is 78.0 cm³/mol. The standard InChI is InChI=1S/C16H13F2N3/c1-21(9-11-4-2-5-12(17)8-11)16-13-6-3-7-14(18)15(13)19-10-20-16/h2-8,10H,9H2,1H3. The van der Waals surface area contributed by atoms with Crippen LogP contribution in [0.15, 0.2) is 48.8 Å². The Labute approximate surface area is 120 Å². The quantitative estimate of drug-likeness (QED) is 0.737. The SMILES string of the molecule is CN(Cc1cccc(F)c1)c1ncnc2c(F)cccc12. The molecule has 1 aromatic heterocycles. The van der Waals surface area contributed by atoms with Gasteiger partial charge in [-0.1, -0.05) is 18.2 Å². The highest BCUT2D eigenvalue weighted by molar-refractivity contribution is 5.89. The van der Waals surface area contributed by atoms with Gasteiger partial charge in [0.1, 0.15) is 29.3 Å². The van der Waals surface area contributed by atoms with Crippen LogP contribution in [0.25, 0.3) is 10.9 Å². The first kappa shape index (κ1) is 13.4. The maximum Gasteiger partial charge on any atom is 0.149 e. The lowest BCUT2D eigenvalue weighted by molar-refractivity contribution is 0.625. The van der Waals surface area contributed by atoms with E-state index in [9.17, 15) is 8.78 Å². The maximum atomic E-state index is 13.8. The number of nitrogens with zero attached hydrogens (tertiary/aromatic N) is 3. The summed E-state index contributed by atoms with van der Waals surface area (Å²) in [6.07, 6.45) is 1.34. The van der Waals surface area contributed by atoms with Crippen molar-refractivity contribution in [2.45, 2.75) is 6.54 Å². The molecule has 3 aromatic rings. The minimum atomic E-state index is -0.379. The van der Waals surface area contributed by atoms with E-state index < -0.39 is 0 Å². The Morgan fingerprint density at radius 3 is 2.67 bits per heavy atom. The highest BCUT2D eigenvalue weighted by Crippen LogP contribution is 2.24. The van der Waals surface area contributed by atoms with Crippen molar-refractivity contribution in [2.75, 3.05) is 11.9 Å². The molecule has 21 heavy (non-hydrogen) atoms. The van der Waals surface area contributed by atoms with Crippen molar-refractivity contribution in [1.82, 2.24) is 9.97 Å². The molecule has 106 valence electrons. The highest BCUT2D eigenvalue weighted by atomic mass is 19.1. The van der Waals surface area contributed by atoms with Crippen LogP contribution in [0.3, 0.4) is 0 Å². The van der Waals surface area contributed by atoms with E-state index in [0.717, 1.165) is 5.56 Å². The maximum absolute atomic E-state index is 13.8. The lowest BCUT2D eigenvalue weighted by atomic mass is 10.2. The summed E-state index contributed by atoms with van der Waals surface area (Å²) in [7, 11) is 1.83. The molecular formula is C16H13F2N3. The summed E-state index contributed by atoms with van der Waals surface area (Å²) in [5.74, 6) is -0.0430. The van der Waals surface area contributed by atoms with Crippen LogP contribution < -0.4 is 4.90 Å². The zero-order chi connectivity index (χ0) is 14.8. The summed E-state index contributed by atoms with van der Waals surface area (Å²) >= 11 is 0. The normalized spacial score (nSPS) is 10.8. The van der Waals surface area contributed by atoms with Gasteiger partial charge in [-0.25, -0.2) is 18.7 Å². The summed E-state index contributed by atoms with van der Waals surface area (Å²) in [6, 6.07) is 11.1. The Hall–Kier alpha value is -2.56. The molecular weight excluding hydrogens is 272 g/mol. The highest BCUT2D eigenvalue weighted by Gasteiger charge is 2.11. The number of benzene rings is 2. The first-order valence-corrected chi connectivity index (χ1v) is 6.50.